The van der Waals surface area contributed by atoms with Gasteiger partial charge in [0.25, 0.3) is 0 Å². The largest absolute Gasteiger partial charge is 0.236 e. The number of benzene rings is 1. The fourth-order valence-electron chi connectivity index (χ4n) is 4.65. The first-order valence-electron chi connectivity index (χ1n) is 11.8. The van der Waals surface area contributed by atoms with Gasteiger partial charge in [-0.05, 0) is 36.7 Å². The Hall–Kier alpha value is -1.77. The maximum atomic E-state index is 14.1. The molecule has 1 aliphatic carbocycles. The van der Waals surface area contributed by atoms with Crippen LogP contribution >= 0.6 is 0 Å². The molecule has 0 amide bonds. The van der Waals surface area contributed by atoms with E-state index in [0.717, 1.165) is 30.2 Å². The summed E-state index contributed by atoms with van der Waals surface area (Å²) < 4.78 is 14.1. The van der Waals surface area contributed by atoms with E-state index in [1.807, 2.05) is 19.1 Å². The lowest BCUT2D eigenvalue weighted by atomic mass is 9.78. The lowest BCUT2D eigenvalue weighted by Gasteiger charge is -2.28. The first-order valence-corrected chi connectivity index (χ1v) is 11.8. The van der Waals surface area contributed by atoms with Crippen molar-refractivity contribution >= 4 is 0 Å². The Morgan fingerprint density at radius 3 is 2.17 bits per heavy atom. The third-order valence-corrected chi connectivity index (χ3v) is 6.57. The van der Waals surface area contributed by atoms with Crippen LogP contribution in [0.3, 0.4) is 0 Å². The Morgan fingerprint density at radius 1 is 0.862 bits per heavy atom. The summed E-state index contributed by atoms with van der Waals surface area (Å²) in [5, 5.41) is 0. The zero-order chi connectivity index (χ0) is 20.5. The molecule has 3 heteroatoms. The topological polar surface area (TPSA) is 25.8 Å². The van der Waals surface area contributed by atoms with Gasteiger partial charge in [-0.25, -0.2) is 4.98 Å². The van der Waals surface area contributed by atoms with Gasteiger partial charge < -0.3 is 0 Å². The van der Waals surface area contributed by atoms with Crippen molar-refractivity contribution in [1.82, 2.24) is 9.97 Å². The van der Waals surface area contributed by atoms with Crippen molar-refractivity contribution in [3.63, 3.8) is 0 Å². The third-order valence-electron chi connectivity index (χ3n) is 6.57. The normalized spacial score (nSPS) is 19.4. The molecule has 0 N–H and O–H groups in total. The number of aryl methyl sites for hydroxylation is 2. The molecule has 0 bridgehead atoms. The van der Waals surface area contributed by atoms with Crippen LogP contribution < -0.4 is 0 Å². The number of hydrogen-bond donors (Lipinski definition) is 0. The molecule has 1 aliphatic rings. The van der Waals surface area contributed by atoms with E-state index < -0.39 is 0 Å². The first-order chi connectivity index (χ1) is 14.2. The van der Waals surface area contributed by atoms with Gasteiger partial charge in [0, 0.05) is 17.3 Å². The van der Waals surface area contributed by atoms with Crippen molar-refractivity contribution in [1.29, 1.82) is 0 Å². The molecular weight excluding hydrogens is 359 g/mol. The average Bonchev–Trinajstić information content (AvgIpc) is 2.75. The molecule has 1 aromatic carbocycles. The Morgan fingerprint density at radius 2 is 1.55 bits per heavy atom. The SMILES string of the molecule is CCCCC[C@H]1CC[C@H](CCc2ccc(-c3ncc(CCC)c(F)n3)cc2)CC1. The molecule has 3 rings (SSSR count). The minimum Gasteiger partial charge on any atom is -0.236 e. The molecule has 2 nitrogen and oxygen atoms in total. The van der Waals surface area contributed by atoms with E-state index in [1.165, 1.54) is 63.4 Å². The molecule has 29 heavy (non-hydrogen) atoms. The molecule has 0 unspecified atom stereocenters. The fourth-order valence-corrected chi connectivity index (χ4v) is 4.65. The van der Waals surface area contributed by atoms with Crippen molar-refractivity contribution in [3.8, 4) is 11.4 Å². The summed E-state index contributed by atoms with van der Waals surface area (Å²) >= 11 is 0. The third kappa shape index (κ3) is 6.62. The van der Waals surface area contributed by atoms with Crippen LogP contribution in [0.4, 0.5) is 4.39 Å². The van der Waals surface area contributed by atoms with Gasteiger partial charge in [-0.15, -0.1) is 0 Å². The molecule has 0 atom stereocenters. The highest BCUT2D eigenvalue weighted by Gasteiger charge is 2.20. The van der Waals surface area contributed by atoms with Crippen LogP contribution in [0.1, 0.15) is 89.2 Å². The van der Waals surface area contributed by atoms with E-state index >= 15 is 0 Å². The molecule has 1 fully saturated rings. The van der Waals surface area contributed by atoms with E-state index in [9.17, 15) is 4.39 Å². The molecular formula is C26H37FN2. The molecule has 2 aromatic rings. The van der Waals surface area contributed by atoms with Crippen LogP contribution in [-0.4, -0.2) is 9.97 Å². The maximum Gasteiger partial charge on any atom is 0.219 e. The van der Waals surface area contributed by atoms with Crippen LogP contribution in [0.25, 0.3) is 11.4 Å². The monoisotopic (exact) mass is 396 g/mol. The summed E-state index contributed by atoms with van der Waals surface area (Å²) in [5.74, 6) is 1.98. The number of unbranched alkanes of at least 4 members (excludes halogenated alkanes) is 2. The predicted octanol–water partition coefficient (Wildman–Crippen LogP) is 7.55. The van der Waals surface area contributed by atoms with Crippen LogP contribution in [0.2, 0.25) is 0 Å². The summed E-state index contributed by atoms with van der Waals surface area (Å²) in [7, 11) is 0. The van der Waals surface area contributed by atoms with Crippen LogP contribution in [0, 0.1) is 17.8 Å². The first kappa shape index (κ1) is 21.9. The molecule has 1 heterocycles. The predicted molar refractivity (Wildman–Crippen MR) is 119 cm³/mol. The van der Waals surface area contributed by atoms with E-state index in [0.29, 0.717) is 17.8 Å². The Kier molecular flexibility index (Phi) is 8.64. The zero-order valence-corrected chi connectivity index (χ0v) is 18.3. The molecule has 0 spiro atoms. The second kappa shape index (κ2) is 11.4. The summed E-state index contributed by atoms with van der Waals surface area (Å²) in [6.45, 7) is 4.32. The van der Waals surface area contributed by atoms with Crippen LogP contribution in [0.5, 0.6) is 0 Å². The van der Waals surface area contributed by atoms with Gasteiger partial charge in [-0.3, -0.25) is 0 Å². The van der Waals surface area contributed by atoms with Crippen molar-refractivity contribution in [2.24, 2.45) is 11.8 Å². The highest BCUT2D eigenvalue weighted by atomic mass is 19.1. The van der Waals surface area contributed by atoms with Gasteiger partial charge in [0.15, 0.2) is 5.82 Å². The van der Waals surface area contributed by atoms with Crippen molar-refractivity contribution in [2.45, 2.75) is 90.9 Å². The Bertz CT molecular complexity index is 733. The highest BCUT2D eigenvalue weighted by molar-refractivity contribution is 5.55. The molecule has 1 saturated carbocycles. The smallest absolute Gasteiger partial charge is 0.219 e. The summed E-state index contributed by atoms with van der Waals surface area (Å²) in [6, 6.07) is 8.39. The van der Waals surface area contributed by atoms with E-state index in [1.54, 1.807) is 6.20 Å². The van der Waals surface area contributed by atoms with Gasteiger partial charge in [-0.2, -0.15) is 9.37 Å². The summed E-state index contributed by atoms with van der Waals surface area (Å²) in [4.78, 5) is 8.43. The molecule has 1 aromatic heterocycles. The van der Waals surface area contributed by atoms with Crippen LogP contribution in [-0.2, 0) is 12.8 Å². The van der Waals surface area contributed by atoms with Gasteiger partial charge in [0.05, 0.1) is 0 Å². The Labute approximate surface area is 176 Å². The number of rotatable bonds is 10. The van der Waals surface area contributed by atoms with Crippen molar-refractivity contribution in [3.05, 3.63) is 47.5 Å². The number of halogens is 1. The minimum absolute atomic E-state index is 0.383. The quantitative estimate of drug-likeness (QED) is 0.306. The fraction of sp³-hybridized carbons (Fsp3) is 0.615. The number of hydrogen-bond acceptors (Lipinski definition) is 2. The number of nitrogens with zero attached hydrogens (tertiary/aromatic N) is 2. The number of aromatic nitrogens is 2. The van der Waals surface area contributed by atoms with E-state index in [2.05, 4.69) is 29.0 Å². The second-order valence-electron chi connectivity index (χ2n) is 8.88. The summed E-state index contributed by atoms with van der Waals surface area (Å²) in [6.07, 6.45) is 16.9. The van der Waals surface area contributed by atoms with E-state index in [-0.39, 0.29) is 5.95 Å². The maximum absolute atomic E-state index is 14.1. The lowest BCUT2D eigenvalue weighted by molar-refractivity contribution is 0.249. The molecule has 0 radical (unpaired) electrons. The average molecular weight is 397 g/mol. The van der Waals surface area contributed by atoms with Gasteiger partial charge in [-0.1, -0.05) is 95.9 Å². The van der Waals surface area contributed by atoms with Crippen molar-refractivity contribution in [2.75, 3.05) is 0 Å². The minimum atomic E-state index is -0.383. The zero-order valence-electron chi connectivity index (χ0n) is 18.3. The highest BCUT2D eigenvalue weighted by Crippen LogP contribution is 2.34. The standard InChI is InChI=1S/C26H37FN2/c1-3-5-6-8-20-9-11-21(12-10-20)13-14-22-15-17-23(18-16-22)26-28-19-24(7-4-2)25(27)29-26/h15-21H,3-14H2,1-2H3/t20-,21-. The van der Waals surface area contributed by atoms with Gasteiger partial charge in [0.1, 0.15) is 0 Å². The van der Waals surface area contributed by atoms with Crippen molar-refractivity contribution < 1.29 is 4.39 Å². The van der Waals surface area contributed by atoms with E-state index in [4.69, 9.17) is 0 Å². The van der Waals surface area contributed by atoms with Crippen LogP contribution in [0.15, 0.2) is 30.5 Å². The van der Waals surface area contributed by atoms with Gasteiger partial charge >= 0.3 is 0 Å². The summed E-state index contributed by atoms with van der Waals surface area (Å²) in [5.41, 5.74) is 2.86. The molecule has 158 valence electrons. The molecule has 0 saturated heterocycles. The lowest BCUT2D eigenvalue weighted by Crippen LogP contribution is -2.15. The second-order valence-corrected chi connectivity index (χ2v) is 8.88. The Balaban J connectivity index is 1.46. The molecule has 0 aliphatic heterocycles. The van der Waals surface area contributed by atoms with Gasteiger partial charge in [0.2, 0.25) is 5.95 Å².